The molecule has 1 aromatic heterocycles. The summed E-state index contributed by atoms with van der Waals surface area (Å²) in [5.41, 5.74) is 1.31. The lowest BCUT2D eigenvalue weighted by Gasteiger charge is -2.12. The second-order valence-corrected chi connectivity index (χ2v) is 7.20. The van der Waals surface area contributed by atoms with Crippen LogP contribution < -0.4 is 10.6 Å². The topological polar surface area (TPSA) is 108 Å². The average Bonchev–Trinajstić information content (AvgIpc) is 2.96. The molecule has 0 aliphatic heterocycles. The molecule has 2 aromatic rings. The summed E-state index contributed by atoms with van der Waals surface area (Å²) in [6.45, 7) is 7.11. The highest BCUT2D eigenvalue weighted by molar-refractivity contribution is 7.13. The lowest BCUT2D eigenvalue weighted by atomic mass is 10.1. The van der Waals surface area contributed by atoms with Gasteiger partial charge in [-0.25, -0.2) is 9.78 Å². The van der Waals surface area contributed by atoms with Crippen molar-refractivity contribution in [2.75, 3.05) is 0 Å². The van der Waals surface area contributed by atoms with E-state index in [1.165, 1.54) is 0 Å². The molecule has 1 aromatic carbocycles. The minimum atomic E-state index is -1.03. The Balaban J connectivity index is 2.06. The zero-order chi connectivity index (χ0) is 19.4. The van der Waals surface area contributed by atoms with Gasteiger partial charge in [0, 0.05) is 17.2 Å². The molecule has 0 spiro atoms. The summed E-state index contributed by atoms with van der Waals surface area (Å²) in [7, 11) is 0. The molecule has 138 valence electrons. The van der Waals surface area contributed by atoms with Crippen molar-refractivity contribution in [2.45, 2.75) is 39.8 Å². The van der Waals surface area contributed by atoms with Gasteiger partial charge in [-0.1, -0.05) is 0 Å². The van der Waals surface area contributed by atoms with E-state index >= 15 is 0 Å². The first-order chi connectivity index (χ1) is 12.2. The molecule has 8 heteroatoms. The minimum Gasteiger partial charge on any atom is -0.477 e. The highest BCUT2D eigenvalue weighted by Gasteiger charge is 2.20. The van der Waals surface area contributed by atoms with Gasteiger partial charge >= 0.3 is 5.97 Å². The number of hydrogen-bond acceptors (Lipinski definition) is 5. The summed E-state index contributed by atoms with van der Waals surface area (Å²) in [5, 5.41) is 15.2. The lowest BCUT2D eigenvalue weighted by Crippen LogP contribution is -2.30. The molecule has 0 aliphatic rings. The van der Waals surface area contributed by atoms with Crippen molar-refractivity contribution in [3.05, 3.63) is 51.0 Å². The number of rotatable bonds is 6. The first-order valence-electron chi connectivity index (χ1n) is 8.11. The smallest absolute Gasteiger partial charge is 0.347 e. The fourth-order valence-electron chi connectivity index (χ4n) is 2.26. The molecular formula is C18H21N3O4S. The van der Waals surface area contributed by atoms with Crippen molar-refractivity contribution >= 4 is 29.1 Å². The fourth-order valence-corrected chi connectivity index (χ4v) is 3.17. The summed E-state index contributed by atoms with van der Waals surface area (Å²) in [5.74, 6) is -1.54. The average molecular weight is 375 g/mol. The van der Waals surface area contributed by atoms with E-state index in [-0.39, 0.29) is 22.7 Å². The molecule has 2 amide bonds. The van der Waals surface area contributed by atoms with Crippen molar-refractivity contribution in [3.8, 4) is 0 Å². The molecule has 0 fully saturated rings. The third-order valence-corrected chi connectivity index (χ3v) is 4.88. The number of carbonyl (C=O) groups is 3. The number of aryl methyl sites for hydroxylation is 1. The number of aromatic carboxylic acids is 1. The van der Waals surface area contributed by atoms with E-state index in [0.717, 1.165) is 11.3 Å². The normalized spacial score (nSPS) is 11.9. The first-order valence-corrected chi connectivity index (χ1v) is 8.93. The molecule has 0 saturated heterocycles. The molecule has 1 unspecified atom stereocenters. The maximum atomic E-state index is 12.4. The second-order valence-electron chi connectivity index (χ2n) is 6.17. The maximum Gasteiger partial charge on any atom is 0.347 e. The third-order valence-electron chi connectivity index (χ3n) is 3.55. The van der Waals surface area contributed by atoms with Crippen LogP contribution in [0, 0.1) is 6.92 Å². The van der Waals surface area contributed by atoms with Crippen molar-refractivity contribution < 1.29 is 19.5 Å². The first kappa shape index (κ1) is 19.6. The summed E-state index contributed by atoms with van der Waals surface area (Å²) in [4.78, 5) is 39.8. The van der Waals surface area contributed by atoms with Crippen molar-refractivity contribution in [1.82, 2.24) is 15.6 Å². The Morgan fingerprint density at radius 2 is 1.50 bits per heavy atom. The number of thiazole rings is 1. The zero-order valence-electron chi connectivity index (χ0n) is 15.0. The quantitative estimate of drug-likeness (QED) is 0.719. The molecule has 0 saturated carbocycles. The van der Waals surface area contributed by atoms with E-state index < -0.39 is 12.0 Å². The van der Waals surface area contributed by atoms with Crippen LogP contribution in [0.3, 0.4) is 0 Å². The lowest BCUT2D eigenvalue weighted by molar-refractivity contribution is 0.0700. The summed E-state index contributed by atoms with van der Waals surface area (Å²) < 4.78 is 0. The summed E-state index contributed by atoms with van der Waals surface area (Å²) >= 11 is 1.05. The van der Waals surface area contributed by atoms with Crippen LogP contribution in [-0.2, 0) is 0 Å². The van der Waals surface area contributed by atoms with E-state index in [2.05, 4.69) is 15.6 Å². The highest BCUT2D eigenvalue weighted by Crippen LogP contribution is 2.23. The second kappa shape index (κ2) is 8.09. The molecule has 26 heavy (non-hydrogen) atoms. The molecule has 0 aliphatic carbocycles. The van der Waals surface area contributed by atoms with Gasteiger partial charge in [-0.3, -0.25) is 9.59 Å². The number of nitrogens with zero attached hydrogens (tertiary/aromatic N) is 1. The minimum absolute atomic E-state index is 0.0313. The van der Waals surface area contributed by atoms with Crippen LogP contribution in [0.25, 0.3) is 0 Å². The molecule has 7 nitrogen and oxygen atoms in total. The molecular weight excluding hydrogens is 354 g/mol. The number of amides is 2. The van der Waals surface area contributed by atoms with Gasteiger partial charge in [0.15, 0.2) is 0 Å². The third kappa shape index (κ3) is 4.66. The van der Waals surface area contributed by atoms with Crippen LogP contribution in [0.5, 0.6) is 0 Å². The van der Waals surface area contributed by atoms with Crippen molar-refractivity contribution in [1.29, 1.82) is 0 Å². The number of aromatic nitrogens is 1. The van der Waals surface area contributed by atoms with Gasteiger partial charge in [0.05, 0.1) is 11.7 Å². The number of nitrogens with one attached hydrogen (secondary N) is 2. The largest absolute Gasteiger partial charge is 0.477 e. The molecule has 0 radical (unpaired) electrons. The van der Waals surface area contributed by atoms with Crippen molar-refractivity contribution in [3.63, 3.8) is 0 Å². The molecule has 3 N–H and O–H groups in total. The SMILES string of the molecule is Cc1nc(C(C)NC(=O)c2ccc(C(=O)NC(C)C)cc2)sc1C(=O)O. The molecule has 2 rings (SSSR count). The maximum absolute atomic E-state index is 12.4. The predicted octanol–water partition coefficient (Wildman–Crippen LogP) is 2.78. The summed E-state index contributed by atoms with van der Waals surface area (Å²) in [6.07, 6.45) is 0. The van der Waals surface area contributed by atoms with Crippen LogP contribution in [0.2, 0.25) is 0 Å². The van der Waals surface area contributed by atoms with E-state index in [1.807, 2.05) is 13.8 Å². The highest BCUT2D eigenvalue weighted by atomic mass is 32.1. The Bertz CT molecular complexity index is 827. The van der Waals surface area contributed by atoms with Crippen molar-refractivity contribution in [2.24, 2.45) is 0 Å². The standard InChI is InChI=1S/C18H21N3O4S/c1-9(2)19-15(22)12-5-7-13(8-6-12)16(23)20-11(4)17-21-10(3)14(26-17)18(24)25/h5-9,11H,1-4H3,(H,19,22)(H,20,23)(H,24,25). The Morgan fingerprint density at radius 1 is 1.00 bits per heavy atom. The molecule has 0 bridgehead atoms. The van der Waals surface area contributed by atoms with Crippen LogP contribution in [0.4, 0.5) is 0 Å². The molecule has 1 heterocycles. The van der Waals surface area contributed by atoms with E-state index in [1.54, 1.807) is 38.1 Å². The van der Waals surface area contributed by atoms with Gasteiger partial charge in [-0.05, 0) is 52.0 Å². The Morgan fingerprint density at radius 3 is 1.92 bits per heavy atom. The van der Waals surface area contributed by atoms with Crippen LogP contribution in [0.1, 0.15) is 67.9 Å². The molecule has 1 atom stereocenters. The van der Waals surface area contributed by atoms with Gasteiger partial charge in [0.1, 0.15) is 9.88 Å². The predicted molar refractivity (Wildman–Crippen MR) is 98.7 cm³/mol. The fraction of sp³-hybridized carbons (Fsp3) is 0.333. The van der Waals surface area contributed by atoms with Crippen LogP contribution in [-0.4, -0.2) is 33.9 Å². The number of carboxylic acid groups (broad SMARTS) is 1. The number of benzene rings is 1. The van der Waals surface area contributed by atoms with Crippen LogP contribution >= 0.6 is 11.3 Å². The van der Waals surface area contributed by atoms with Gasteiger partial charge < -0.3 is 15.7 Å². The van der Waals surface area contributed by atoms with Crippen LogP contribution in [0.15, 0.2) is 24.3 Å². The number of hydrogen-bond donors (Lipinski definition) is 3. The summed E-state index contributed by atoms with van der Waals surface area (Å²) in [6, 6.07) is 5.94. The van der Waals surface area contributed by atoms with Gasteiger partial charge in [-0.2, -0.15) is 0 Å². The number of carboxylic acids is 1. The van der Waals surface area contributed by atoms with E-state index in [4.69, 9.17) is 5.11 Å². The van der Waals surface area contributed by atoms with E-state index in [9.17, 15) is 14.4 Å². The monoisotopic (exact) mass is 375 g/mol. The van der Waals surface area contributed by atoms with E-state index in [0.29, 0.717) is 21.8 Å². The number of carbonyl (C=O) groups excluding carboxylic acids is 2. The Kier molecular flexibility index (Phi) is 6.10. The van der Waals surface area contributed by atoms with Gasteiger partial charge in [0.25, 0.3) is 11.8 Å². The van der Waals surface area contributed by atoms with Gasteiger partial charge in [0.2, 0.25) is 0 Å². The Labute approximate surface area is 155 Å². The Hall–Kier alpha value is -2.74. The van der Waals surface area contributed by atoms with Gasteiger partial charge in [-0.15, -0.1) is 11.3 Å². The zero-order valence-corrected chi connectivity index (χ0v) is 15.8.